The van der Waals surface area contributed by atoms with Gasteiger partial charge >= 0.3 is 0 Å². The number of carbonyl (C=O) groups excluding carboxylic acids is 2. The van der Waals surface area contributed by atoms with Crippen molar-refractivity contribution in [1.82, 2.24) is 0 Å². The average molecular weight is 384 g/mol. The SMILES string of the molecule is O=C(c1ccccc1)c1cccc(S)c1C(=O)c1ccccc1.[Zn]. The van der Waals surface area contributed by atoms with Crippen LogP contribution < -0.4 is 0 Å². The summed E-state index contributed by atoms with van der Waals surface area (Å²) in [5, 5.41) is 0. The Morgan fingerprint density at radius 2 is 1.12 bits per heavy atom. The second-order valence-corrected chi connectivity index (χ2v) is 5.57. The molecule has 0 atom stereocenters. The summed E-state index contributed by atoms with van der Waals surface area (Å²) in [6, 6.07) is 23.0. The number of carbonyl (C=O) groups is 2. The molecule has 0 fully saturated rings. The first-order valence-corrected chi connectivity index (χ1v) is 7.64. The molecule has 0 saturated heterocycles. The second kappa shape index (κ2) is 8.18. The van der Waals surface area contributed by atoms with Crippen molar-refractivity contribution in [2.75, 3.05) is 0 Å². The molecule has 0 aliphatic heterocycles. The van der Waals surface area contributed by atoms with Crippen LogP contribution in [0.1, 0.15) is 31.8 Å². The van der Waals surface area contributed by atoms with Crippen molar-refractivity contribution < 1.29 is 29.1 Å². The van der Waals surface area contributed by atoms with Gasteiger partial charge in [0.15, 0.2) is 11.6 Å². The van der Waals surface area contributed by atoms with Crippen molar-refractivity contribution in [2.24, 2.45) is 0 Å². The van der Waals surface area contributed by atoms with Gasteiger partial charge in [-0.2, -0.15) is 0 Å². The maximum absolute atomic E-state index is 12.8. The third kappa shape index (κ3) is 3.72. The van der Waals surface area contributed by atoms with Gasteiger partial charge in [-0.05, 0) is 6.07 Å². The van der Waals surface area contributed by atoms with Crippen LogP contribution in [0.4, 0.5) is 0 Å². The molecule has 3 rings (SSSR count). The molecule has 24 heavy (non-hydrogen) atoms. The molecular formula is C20H14O2SZn. The Balaban J connectivity index is 0.00000208. The van der Waals surface area contributed by atoms with Crippen LogP contribution in [0.2, 0.25) is 0 Å². The molecule has 0 N–H and O–H groups in total. The van der Waals surface area contributed by atoms with E-state index in [1.165, 1.54) is 0 Å². The van der Waals surface area contributed by atoms with Gasteiger partial charge in [-0.3, -0.25) is 9.59 Å². The van der Waals surface area contributed by atoms with Crippen LogP contribution in [0.3, 0.4) is 0 Å². The summed E-state index contributed by atoms with van der Waals surface area (Å²) in [4.78, 5) is 26.1. The quantitative estimate of drug-likeness (QED) is 0.411. The summed E-state index contributed by atoms with van der Waals surface area (Å²) in [6.07, 6.45) is 0. The van der Waals surface area contributed by atoms with Crippen molar-refractivity contribution >= 4 is 24.2 Å². The average Bonchev–Trinajstić information content (AvgIpc) is 2.62. The number of hydrogen-bond acceptors (Lipinski definition) is 3. The summed E-state index contributed by atoms with van der Waals surface area (Å²) in [5.74, 6) is -0.378. The van der Waals surface area contributed by atoms with Gasteiger partial charge in [0.1, 0.15) is 0 Å². The Labute approximate surface area is 159 Å². The van der Waals surface area contributed by atoms with E-state index >= 15 is 0 Å². The van der Waals surface area contributed by atoms with Gasteiger partial charge in [0, 0.05) is 46.6 Å². The van der Waals surface area contributed by atoms with Crippen molar-refractivity contribution in [2.45, 2.75) is 4.90 Å². The van der Waals surface area contributed by atoms with Crippen molar-refractivity contribution in [3.05, 3.63) is 101 Å². The zero-order chi connectivity index (χ0) is 16.2. The molecule has 0 aromatic heterocycles. The molecule has 3 aromatic carbocycles. The Morgan fingerprint density at radius 1 is 0.625 bits per heavy atom. The zero-order valence-electron chi connectivity index (χ0n) is 13.0. The van der Waals surface area contributed by atoms with E-state index in [2.05, 4.69) is 12.6 Å². The van der Waals surface area contributed by atoms with Crippen LogP contribution in [-0.4, -0.2) is 11.6 Å². The van der Waals surface area contributed by atoms with Crippen LogP contribution in [0.15, 0.2) is 83.8 Å². The molecule has 0 spiro atoms. The van der Waals surface area contributed by atoms with E-state index in [4.69, 9.17) is 0 Å². The van der Waals surface area contributed by atoms with Crippen molar-refractivity contribution in [3.8, 4) is 0 Å². The van der Waals surface area contributed by atoms with Crippen LogP contribution in [-0.2, 0) is 19.5 Å². The maximum Gasteiger partial charge on any atom is 0.194 e. The molecule has 0 heterocycles. The van der Waals surface area contributed by atoms with Crippen LogP contribution >= 0.6 is 12.6 Å². The molecule has 3 aromatic rings. The van der Waals surface area contributed by atoms with Gasteiger partial charge in [-0.25, -0.2) is 0 Å². The first-order chi connectivity index (χ1) is 11.2. The summed E-state index contributed by atoms with van der Waals surface area (Å²) >= 11 is 4.39. The molecule has 0 radical (unpaired) electrons. The summed E-state index contributed by atoms with van der Waals surface area (Å²) in [5.41, 5.74) is 1.80. The Kier molecular flexibility index (Phi) is 6.25. The van der Waals surface area contributed by atoms with Gasteiger partial charge < -0.3 is 0 Å². The van der Waals surface area contributed by atoms with Gasteiger partial charge in [0.05, 0.1) is 0 Å². The van der Waals surface area contributed by atoms with Gasteiger partial charge in [-0.15, -0.1) is 12.6 Å². The minimum absolute atomic E-state index is 0. The van der Waals surface area contributed by atoms with E-state index in [-0.39, 0.29) is 31.0 Å². The maximum atomic E-state index is 12.8. The summed E-state index contributed by atoms with van der Waals surface area (Å²) in [7, 11) is 0. The zero-order valence-corrected chi connectivity index (χ0v) is 16.8. The predicted molar refractivity (Wildman–Crippen MR) is 93.4 cm³/mol. The van der Waals surface area contributed by atoms with E-state index in [0.717, 1.165) is 0 Å². The predicted octanol–water partition coefficient (Wildman–Crippen LogP) is 4.43. The van der Waals surface area contributed by atoms with Gasteiger partial charge in [0.25, 0.3) is 0 Å². The second-order valence-electron chi connectivity index (χ2n) is 5.09. The first-order valence-electron chi connectivity index (χ1n) is 7.20. The molecule has 0 saturated carbocycles. The van der Waals surface area contributed by atoms with Crippen LogP contribution in [0.25, 0.3) is 0 Å². The Morgan fingerprint density at radius 3 is 1.67 bits per heavy atom. The summed E-state index contributed by atoms with van der Waals surface area (Å²) < 4.78 is 0. The van der Waals surface area contributed by atoms with E-state index in [1.54, 1.807) is 66.7 Å². The molecule has 4 heteroatoms. The minimum Gasteiger partial charge on any atom is -0.289 e. The third-order valence-electron chi connectivity index (χ3n) is 3.59. The normalized spacial score (nSPS) is 9.88. The van der Waals surface area contributed by atoms with E-state index in [9.17, 15) is 9.59 Å². The number of thiol groups is 1. The minimum atomic E-state index is -0.199. The molecule has 0 unspecified atom stereocenters. The van der Waals surface area contributed by atoms with Crippen LogP contribution in [0.5, 0.6) is 0 Å². The molecule has 2 nitrogen and oxygen atoms in total. The third-order valence-corrected chi connectivity index (χ3v) is 3.96. The number of ketones is 2. The van der Waals surface area contributed by atoms with Gasteiger partial charge in [-0.1, -0.05) is 72.8 Å². The molecule has 0 bridgehead atoms. The first kappa shape index (κ1) is 18.3. The number of hydrogen-bond donors (Lipinski definition) is 1. The molecule has 0 aliphatic rings. The summed E-state index contributed by atoms with van der Waals surface area (Å²) in [6.45, 7) is 0. The Bertz CT molecular complexity index is 861. The number of rotatable bonds is 4. The monoisotopic (exact) mass is 382 g/mol. The van der Waals surface area contributed by atoms with E-state index in [1.807, 2.05) is 12.1 Å². The van der Waals surface area contributed by atoms with Crippen LogP contribution in [0, 0.1) is 0 Å². The van der Waals surface area contributed by atoms with E-state index in [0.29, 0.717) is 27.1 Å². The largest absolute Gasteiger partial charge is 0.289 e. The molecule has 0 aliphatic carbocycles. The molecule has 0 amide bonds. The van der Waals surface area contributed by atoms with Crippen molar-refractivity contribution in [3.63, 3.8) is 0 Å². The fourth-order valence-electron chi connectivity index (χ4n) is 2.45. The topological polar surface area (TPSA) is 34.1 Å². The smallest absolute Gasteiger partial charge is 0.194 e. The standard InChI is InChI=1S/C20H14O2S.Zn/c21-19(14-8-3-1-4-9-14)16-12-7-13-17(23)18(16)20(22)15-10-5-2-6-11-15;/h1-13,23H;. The molecule has 114 valence electrons. The van der Waals surface area contributed by atoms with Gasteiger partial charge in [0.2, 0.25) is 0 Å². The Hall–Kier alpha value is -2.03. The fourth-order valence-corrected chi connectivity index (χ4v) is 2.75. The fraction of sp³-hybridized carbons (Fsp3) is 0. The number of benzene rings is 3. The molecular weight excluding hydrogens is 370 g/mol. The van der Waals surface area contributed by atoms with E-state index < -0.39 is 0 Å². The van der Waals surface area contributed by atoms with Crippen molar-refractivity contribution in [1.29, 1.82) is 0 Å².